The van der Waals surface area contributed by atoms with E-state index in [1.54, 1.807) is 7.11 Å². The van der Waals surface area contributed by atoms with Gasteiger partial charge in [-0.1, -0.05) is 18.5 Å². The third kappa shape index (κ3) is 7.50. The molecule has 1 N–H and O–H groups in total. The van der Waals surface area contributed by atoms with Crippen LogP contribution in [0.25, 0.3) is 0 Å². The second-order valence-electron chi connectivity index (χ2n) is 6.46. The summed E-state index contributed by atoms with van der Waals surface area (Å²) in [5.41, 5.74) is 0. The lowest BCUT2D eigenvalue weighted by molar-refractivity contribution is -0.122. The maximum atomic E-state index is 11.9. The molecule has 0 atom stereocenters. The summed E-state index contributed by atoms with van der Waals surface area (Å²) >= 11 is 0. The minimum atomic E-state index is 0.0852. The number of nitrogens with zero attached hydrogens (tertiary/aromatic N) is 4. The summed E-state index contributed by atoms with van der Waals surface area (Å²) in [6, 6.07) is 0. The summed E-state index contributed by atoms with van der Waals surface area (Å²) in [5, 5.41) is 6.96. The molecular weight excluding hydrogens is 322 g/mol. The molecule has 0 aromatic carbocycles. The zero-order chi connectivity index (χ0) is 17.9. The molecule has 1 aliphatic heterocycles. The van der Waals surface area contributed by atoms with Crippen LogP contribution in [0.15, 0.2) is 4.52 Å². The van der Waals surface area contributed by atoms with Crippen LogP contribution in [0.2, 0.25) is 0 Å². The van der Waals surface area contributed by atoms with Crippen molar-refractivity contribution in [1.29, 1.82) is 0 Å². The van der Waals surface area contributed by atoms with Gasteiger partial charge in [-0.2, -0.15) is 4.98 Å². The minimum absolute atomic E-state index is 0.0852. The maximum absolute atomic E-state index is 11.9. The average molecular weight is 353 g/mol. The van der Waals surface area contributed by atoms with E-state index in [4.69, 9.17) is 9.26 Å². The van der Waals surface area contributed by atoms with Gasteiger partial charge in [0.25, 0.3) is 0 Å². The number of carbonyl (C=O) groups is 1. The Morgan fingerprint density at radius 1 is 1.24 bits per heavy atom. The number of hydrogen-bond donors (Lipinski definition) is 1. The minimum Gasteiger partial charge on any atom is -0.385 e. The SMILES string of the molecule is CCCCc1noc(CN2CCN(CC(=O)NCCCOC)CC2)n1. The molecule has 2 rings (SSSR count). The van der Waals surface area contributed by atoms with E-state index >= 15 is 0 Å². The Morgan fingerprint density at radius 2 is 2.00 bits per heavy atom. The first-order valence-corrected chi connectivity index (χ1v) is 9.23. The van der Waals surface area contributed by atoms with Gasteiger partial charge in [0.1, 0.15) is 0 Å². The number of rotatable bonds is 11. The van der Waals surface area contributed by atoms with Gasteiger partial charge in [-0.25, -0.2) is 0 Å². The van der Waals surface area contributed by atoms with Gasteiger partial charge in [0.05, 0.1) is 13.1 Å². The van der Waals surface area contributed by atoms with Gasteiger partial charge in [0.15, 0.2) is 5.82 Å². The Balaban J connectivity index is 1.62. The average Bonchev–Trinajstić information content (AvgIpc) is 3.06. The van der Waals surface area contributed by atoms with E-state index in [9.17, 15) is 4.79 Å². The van der Waals surface area contributed by atoms with E-state index in [0.717, 1.165) is 57.7 Å². The summed E-state index contributed by atoms with van der Waals surface area (Å²) in [4.78, 5) is 20.8. The number of amides is 1. The predicted octanol–water partition coefficient (Wildman–Crippen LogP) is 0.683. The number of nitrogens with one attached hydrogen (secondary N) is 1. The molecule has 8 nitrogen and oxygen atoms in total. The molecule has 0 saturated carbocycles. The largest absolute Gasteiger partial charge is 0.385 e. The first-order chi connectivity index (χ1) is 12.2. The molecule has 0 spiro atoms. The molecule has 25 heavy (non-hydrogen) atoms. The fraction of sp³-hybridized carbons (Fsp3) is 0.824. The first-order valence-electron chi connectivity index (χ1n) is 9.23. The van der Waals surface area contributed by atoms with E-state index < -0.39 is 0 Å². The Labute approximate surface area is 149 Å². The molecule has 0 unspecified atom stereocenters. The van der Waals surface area contributed by atoms with Crippen LogP contribution in [0.4, 0.5) is 0 Å². The van der Waals surface area contributed by atoms with Gasteiger partial charge >= 0.3 is 0 Å². The second kappa shape index (κ2) is 11.2. The highest BCUT2D eigenvalue weighted by molar-refractivity contribution is 5.77. The molecule has 0 aliphatic carbocycles. The third-order valence-corrected chi connectivity index (χ3v) is 4.30. The van der Waals surface area contributed by atoms with Crippen molar-refractivity contribution in [2.45, 2.75) is 39.2 Å². The van der Waals surface area contributed by atoms with Crippen molar-refractivity contribution in [3.05, 3.63) is 11.7 Å². The van der Waals surface area contributed by atoms with Crippen molar-refractivity contribution in [2.24, 2.45) is 0 Å². The normalized spacial score (nSPS) is 16.2. The first kappa shape index (κ1) is 19.8. The van der Waals surface area contributed by atoms with Crippen LogP contribution in [-0.4, -0.2) is 78.8 Å². The lowest BCUT2D eigenvalue weighted by atomic mass is 10.2. The molecule has 0 radical (unpaired) electrons. The van der Waals surface area contributed by atoms with Crippen LogP contribution >= 0.6 is 0 Å². The number of aromatic nitrogens is 2. The molecule has 142 valence electrons. The number of unbranched alkanes of at least 4 members (excludes halogenated alkanes) is 1. The van der Waals surface area contributed by atoms with Crippen molar-refractivity contribution in [3.63, 3.8) is 0 Å². The van der Waals surface area contributed by atoms with Crippen molar-refractivity contribution >= 4 is 5.91 Å². The number of piperazine rings is 1. The van der Waals surface area contributed by atoms with E-state index in [1.165, 1.54) is 0 Å². The Bertz CT molecular complexity index is 500. The summed E-state index contributed by atoms with van der Waals surface area (Å²) < 4.78 is 10.3. The predicted molar refractivity (Wildman–Crippen MR) is 94.1 cm³/mol. The molecular formula is C17H31N5O3. The molecule has 1 saturated heterocycles. The Hall–Kier alpha value is -1.51. The van der Waals surface area contributed by atoms with Crippen molar-refractivity contribution in [2.75, 3.05) is 53.0 Å². The standard InChI is InChI=1S/C17H31N5O3/c1-3-4-6-15-19-17(25-20-15)14-22-10-8-21(9-11-22)13-16(23)18-7-5-12-24-2/h3-14H2,1-2H3,(H,18,23). The van der Waals surface area contributed by atoms with Crippen molar-refractivity contribution in [1.82, 2.24) is 25.3 Å². The van der Waals surface area contributed by atoms with Gasteiger partial charge < -0.3 is 14.6 Å². The van der Waals surface area contributed by atoms with E-state index in [1.807, 2.05) is 0 Å². The zero-order valence-corrected chi connectivity index (χ0v) is 15.5. The smallest absolute Gasteiger partial charge is 0.240 e. The van der Waals surface area contributed by atoms with Gasteiger partial charge in [-0.3, -0.25) is 14.6 Å². The number of carbonyl (C=O) groups excluding carboxylic acids is 1. The topological polar surface area (TPSA) is 83.7 Å². The van der Waals surface area contributed by atoms with Crippen LogP contribution in [-0.2, 0) is 22.5 Å². The lowest BCUT2D eigenvalue weighted by Crippen LogP contribution is -2.49. The van der Waals surface area contributed by atoms with E-state index in [2.05, 4.69) is 32.2 Å². The number of hydrogen-bond acceptors (Lipinski definition) is 7. The second-order valence-corrected chi connectivity index (χ2v) is 6.46. The number of aryl methyl sites for hydroxylation is 1. The van der Waals surface area contributed by atoms with Crippen molar-refractivity contribution < 1.29 is 14.1 Å². The van der Waals surface area contributed by atoms with E-state index in [0.29, 0.717) is 32.1 Å². The van der Waals surface area contributed by atoms with Crippen LogP contribution in [0, 0.1) is 0 Å². The van der Waals surface area contributed by atoms with Gasteiger partial charge in [0, 0.05) is 52.9 Å². The van der Waals surface area contributed by atoms with Crippen LogP contribution < -0.4 is 5.32 Å². The van der Waals surface area contributed by atoms with E-state index in [-0.39, 0.29) is 5.91 Å². The summed E-state index contributed by atoms with van der Waals surface area (Å²) in [7, 11) is 1.67. The summed E-state index contributed by atoms with van der Waals surface area (Å²) in [6.45, 7) is 8.22. The van der Waals surface area contributed by atoms with Gasteiger partial charge in [-0.15, -0.1) is 0 Å². The lowest BCUT2D eigenvalue weighted by Gasteiger charge is -2.33. The highest BCUT2D eigenvalue weighted by Crippen LogP contribution is 2.08. The quantitative estimate of drug-likeness (QED) is 0.586. The molecule has 1 aromatic heterocycles. The molecule has 0 bridgehead atoms. The van der Waals surface area contributed by atoms with Crippen LogP contribution in [0.5, 0.6) is 0 Å². The number of ether oxygens (including phenoxy) is 1. The monoisotopic (exact) mass is 353 g/mol. The van der Waals surface area contributed by atoms with Crippen LogP contribution in [0.3, 0.4) is 0 Å². The summed E-state index contributed by atoms with van der Waals surface area (Å²) in [6.07, 6.45) is 3.95. The fourth-order valence-electron chi connectivity index (χ4n) is 2.79. The van der Waals surface area contributed by atoms with Crippen LogP contribution in [0.1, 0.15) is 37.9 Å². The van der Waals surface area contributed by atoms with Gasteiger partial charge in [0.2, 0.25) is 11.8 Å². The van der Waals surface area contributed by atoms with Gasteiger partial charge in [-0.05, 0) is 12.8 Å². The molecule has 2 heterocycles. The fourth-order valence-corrected chi connectivity index (χ4v) is 2.79. The molecule has 1 amide bonds. The molecule has 1 aromatic rings. The Kier molecular flexibility index (Phi) is 8.85. The Morgan fingerprint density at radius 3 is 2.72 bits per heavy atom. The zero-order valence-electron chi connectivity index (χ0n) is 15.5. The molecule has 8 heteroatoms. The molecule has 1 fully saturated rings. The third-order valence-electron chi connectivity index (χ3n) is 4.30. The van der Waals surface area contributed by atoms with Crippen molar-refractivity contribution in [3.8, 4) is 0 Å². The number of methoxy groups -OCH3 is 1. The summed E-state index contributed by atoms with van der Waals surface area (Å²) in [5.74, 6) is 1.58. The molecule has 1 aliphatic rings. The highest BCUT2D eigenvalue weighted by Gasteiger charge is 2.20. The highest BCUT2D eigenvalue weighted by atomic mass is 16.5. The maximum Gasteiger partial charge on any atom is 0.240 e.